The van der Waals surface area contributed by atoms with Crippen LogP contribution in [0.2, 0.25) is 0 Å². The van der Waals surface area contributed by atoms with Crippen molar-refractivity contribution in [1.29, 1.82) is 0 Å². The summed E-state index contributed by atoms with van der Waals surface area (Å²) in [4.78, 5) is 16.8. The zero-order valence-electron chi connectivity index (χ0n) is 14.1. The Bertz CT molecular complexity index is 689. The Morgan fingerprint density at radius 2 is 1.92 bits per heavy atom. The van der Waals surface area contributed by atoms with Gasteiger partial charge in [0.25, 0.3) is 0 Å². The molecule has 1 aliphatic rings. The second kappa shape index (κ2) is 9.17. The maximum Gasteiger partial charge on any atom is 0.233 e. The Labute approximate surface area is 158 Å². The topological polar surface area (TPSA) is 36.7 Å². The van der Waals surface area contributed by atoms with E-state index in [1.165, 1.54) is 11.8 Å². The van der Waals surface area contributed by atoms with E-state index in [-0.39, 0.29) is 5.91 Å². The second-order valence-corrected chi connectivity index (χ2v) is 7.68. The molecule has 0 atom stereocenters. The van der Waals surface area contributed by atoms with E-state index in [1.807, 2.05) is 47.4 Å². The molecule has 6 heteroatoms. The first-order valence-electron chi connectivity index (χ1n) is 8.47. The van der Waals surface area contributed by atoms with Crippen LogP contribution in [0.5, 0.6) is 0 Å². The number of furan rings is 1. The summed E-state index contributed by atoms with van der Waals surface area (Å²) in [7, 11) is 0. The molecule has 2 aromatic rings. The standard InChI is InChI=1S/C19H22N2O2S2/c22-18(15-25-19(24)16-6-2-1-3-7-16)21-10-5-9-20(11-12-21)14-17-8-4-13-23-17/h1-4,6-8,13H,5,9-12,14-15H2. The molecule has 0 radical (unpaired) electrons. The third kappa shape index (κ3) is 5.42. The number of rotatable bonds is 5. The first kappa shape index (κ1) is 18.2. The lowest BCUT2D eigenvalue weighted by Crippen LogP contribution is -2.36. The van der Waals surface area contributed by atoms with E-state index in [0.717, 1.165) is 54.7 Å². The van der Waals surface area contributed by atoms with Crippen LogP contribution in [0, 0.1) is 0 Å². The molecule has 1 fully saturated rings. The number of carbonyl (C=O) groups excluding carboxylic acids is 1. The molecule has 1 saturated heterocycles. The highest BCUT2D eigenvalue weighted by atomic mass is 32.2. The van der Waals surface area contributed by atoms with Crippen LogP contribution in [0.15, 0.2) is 53.1 Å². The Kier molecular flexibility index (Phi) is 6.67. The van der Waals surface area contributed by atoms with Crippen LogP contribution in [0.4, 0.5) is 0 Å². The molecule has 1 aromatic carbocycles. The second-order valence-electron chi connectivity index (χ2n) is 6.03. The number of hydrogen-bond donors (Lipinski definition) is 0. The molecule has 1 amide bonds. The summed E-state index contributed by atoms with van der Waals surface area (Å²) in [5, 5.41) is 0. The summed E-state index contributed by atoms with van der Waals surface area (Å²) in [5.41, 5.74) is 1.01. The van der Waals surface area contributed by atoms with Gasteiger partial charge >= 0.3 is 0 Å². The fraction of sp³-hybridized carbons (Fsp3) is 0.368. The van der Waals surface area contributed by atoms with Gasteiger partial charge in [0.15, 0.2) is 0 Å². The van der Waals surface area contributed by atoms with Crippen molar-refractivity contribution in [1.82, 2.24) is 9.80 Å². The predicted molar refractivity (Wildman–Crippen MR) is 106 cm³/mol. The van der Waals surface area contributed by atoms with Crippen LogP contribution in [-0.2, 0) is 11.3 Å². The van der Waals surface area contributed by atoms with Crippen LogP contribution in [0.1, 0.15) is 17.7 Å². The molecule has 4 nitrogen and oxygen atoms in total. The lowest BCUT2D eigenvalue weighted by Gasteiger charge is -2.21. The normalized spacial score (nSPS) is 15.8. The average molecular weight is 375 g/mol. The number of amides is 1. The van der Waals surface area contributed by atoms with Crippen molar-refractivity contribution in [3.63, 3.8) is 0 Å². The highest BCUT2D eigenvalue weighted by Gasteiger charge is 2.20. The van der Waals surface area contributed by atoms with Crippen LogP contribution in [-0.4, -0.2) is 51.8 Å². The minimum absolute atomic E-state index is 0.170. The Morgan fingerprint density at radius 1 is 1.08 bits per heavy atom. The predicted octanol–water partition coefficient (Wildman–Crippen LogP) is 3.42. The smallest absolute Gasteiger partial charge is 0.233 e. The largest absolute Gasteiger partial charge is 0.468 e. The molecule has 2 heterocycles. The summed E-state index contributed by atoms with van der Waals surface area (Å²) >= 11 is 6.88. The van der Waals surface area contributed by atoms with Gasteiger partial charge in [0.1, 0.15) is 5.76 Å². The highest BCUT2D eigenvalue weighted by Crippen LogP contribution is 2.16. The molecule has 0 unspecified atom stereocenters. The number of hydrogen-bond acceptors (Lipinski definition) is 5. The Morgan fingerprint density at radius 3 is 2.68 bits per heavy atom. The molecule has 1 aromatic heterocycles. The van der Waals surface area contributed by atoms with Crippen molar-refractivity contribution in [2.24, 2.45) is 0 Å². The SMILES string of the molecule is O=C(CSC(=S)c1ccccc1)N1CCCN(Cc2ccco2)CC1. The summed E-state index contributed by atoms with van der Waals surface area (Å²) in [6.45, 7) is 4.24. The summed E-state index contributed by atoms with van der Waals surface area (Å²) in [6, 6.07) is 13.8. The highest BCUT2D eigenvalue weighted by molar-refractivity contribution is 8.24. The van der Waals surface area contributed by atoms with E-state index in [1.54, 1.807) is 6.26 Å². The molecular weight excluding hydrogens is 352 g/mol. The molecule has 132 valence electrons. The first-order valence-corrected chi connectivity index (χ1v) is 9.86. The van der Waals surface area contributed by atoms with E-state index in [0.29, 0.717) is 5.75 Å². The number of thiocarbonyl (C=S) groups is 1. The van der Waals surface area contributed by atoms with Crippen molar-refractivity contribution in [2.45, 2.75) is 13.0 Å². The molecular formula is C19H22N2O2S2. The van der Waals surface area contributed by atoms with Crippen molar-refractivity contribution in [3.05, 3.63) is 60.1 Å². The quantitative estimate of drug-likeness (QED) is 0.750. The molecule has 0 aliphatic carbocycles. The van der Waals surface area contributed by atoms with Crippen LogP contribution < -0.4 is 0 Å². The van der Waals surface area contributed by atoms with Crippen molar-refractivity contribution >= 4 is 34.1 Å². The zero-order valence-corrected chi connectivity index (χ0v) is 15.7. The number of carbonyl (C=O) groups is 1. The minimum Gasteiger partial charge on any atom is -0.468 e. The lowest BCUT2D eigenvalue weighted by atomic mass is 10.2. The molecule has 3 rings (SSSR count). The lowest BCUT2D eigenvalue weighted by molar-refractivity contribution is -0.128. The summed E-state index contributed by atoms with van der Waals surface area (Å²) in [5.74, 6) is 1.55. The zero-order chi connectivity index (χ0) is 17.5. The van der Waals surface area contributed by atoms with Crippen molar-refractivity contribution < 1.29 is 9.21 Å². The fourth-order valence-corrected chi connectivity index (χ4v) is 3.93. The third-order valence-electron chi connectivity index (χ3n) is 4.24. The van der Waals surface area contributed by atoms with E-state index in [4.69, 9.17) is 16.6 Å². The molecule has 25 heavy (non-hydrogen) atoms. The van der Waals surface area contributed by atoms with Gasteiger partial charge in [-0.1, -0.05) is 42.5 Å². The number of nitrogens with zero attached hydrogens (tertiary/aromatic N) is 2. The van der Waals surface area contributed by atoms with E-state index < -0.39 is 0 Å². The van der Waals surface area contributed by atoms with Gasteiger partial charge in [-0.3, -0.25) is 9.69 Å². The van der Waals surface area contributed by atoms with Gasteiger partial charge < -0.3 is 9.32 Å². The van der Waals surface area contributed by atoms with Gasteiger partial charge in [-0.05, 0) is 24.1 Å². The average Bonchev–Trinajstić information content (AvgIpc) is 3.04. The monoisotopic (exact) mass is 374 g/mol. The van der Waals surface area contributed by atoms with Gasteiger partial charge in [0, 0.05) is 26.2 Å². The summed E-state index contributed by atoms with van der Waals surface area (Å²) in [6.07, 6.45) is 2.69. The summed E-state index contributed by atoms with van der Waals surface area (Å²) < 4.78 is 6.20. The van der Waals surface area contributed by atoms with Crippen LogP contribution in [0.3, 0.4) is 0 Å². The van der Waals surface area contributed by atoms with Gasteiger partial charge in [-0.2, -0.15) is 0 Å². The van der Waals surface area contributed by atoms with Crippen molar-refractivity contribution in [3.8, 4) is 0 Å². The molecule has 0 bridgehead atoms. The van der Waals surface area contributed by atoms with E-state index >= 15 is 0 Å². The van der Waals surface area contributed by atoms with Crippen LogP contribution >= 0.6 is 24.0 Å². The fourth-order valence-electron chi connectivity index (χ4n) is 2.88. The number of benzene rings is 1. The van der Waals surface area contributed by atoms with Gasteiger partial charge in [0.2, 0.25) is 5.91 Å². The number of thioether (sulfide) groups is 1. The van der Waals surface area contributed by atoms with Gasteiger partial charge in [0.05, 0.1) is 22.8 Å². The molecule has 1 aliphatic heterocycles. The van der Waals surface area contributed by atoms with Gasteiger partial charge in [-0.15, -0.1) is 11.8 Å². The minimum atomic E-state index is 0.170. The van der Waals surface area contributed by atoms with Crippen LogP contribution in [0.25, 0.3) is 0 Å². The van der Waals surface area contributed by atoms with Crippen molar-refractivity contribution in [2.75, 3.05) is 31.9 Å². The first-order chi connectivity index (χ1) is 12.2. The Hall–Kier alpha value is -1.63. The Balaban J connectivity index is 1.45. The van der Waals surface area contributed by atoms with Gasteiger partial charge in [-0.25, -0.2) is 0 Å². The molecule has 0 saturated carbocycles. The molecule has 0 spiro atoms. The van der Waals surface area contributed by atoms with E-state index in [2.05, 4.69) is 4.90 Å². The maximum atomic E-state index is 12.5. The maximum absolute atomic E-state index is 12.5. The molecule has 0 N–H and O–H groups in total. The third-order valence-corrected chi connectivity index (χ3v) is 5.72. The van der Waals surface area contributed by atoms with E-state index in [9.17, 15) is 4.79 Å².